The number of nitrogens with one attached hydrogen (secondary N) is 1. The van der Waals surface area contributed by atoms with Crippen LogP contribution >= 0.6 is 11.8 Å². The number of carbonyl (C=O) groups excluding carboxylic acids is 1. The first kappa shape index (κ1) is 15.6. The lowest BCUT2D eigenvalue weighted by Gasteiger charge is -2.12. The van der Waals surface area contributed by atoms with E-state index >= 15 is 0 Å². The molecule has 2 N–H and O–H groups in total. The average molecular weight is 286 g/mol. The average Bonchev–Trinajstić information content (AvgIpc) is 2.63. The van der Waals surface area contributed by atoms with Crippen molar-refractivity contribution in [1.82, 2.24) is 10.5 Å². The molecule has 6 nitrogen and oxygen atoms in total. The minimum absolute atomic E-state index is 0.330. The van der Waals surface area contributed by atoms with Crippen molar-refractivity contribution in [2.45, 2.75) is 39.0 Å². The molecule has 0 saturated carbocycles. The van der Waals surface area contributed by atoms with Crippen molar-refractivity contribution < 1.29 is 19.2 Å². The first-order chi connectivity index (χ1) is 8.91. The van der Waals surface area contributed by atoms with Gasteiger partial charge in [-0.1, -0.05) is 5.16 Å². The van der Waals surface area contributed by atoms with Crippen LogP contribution in [-0.4, -0.2) is 33.9 Å². The van der Waals surface area contributed by atoms with E-state index in [2.05, 4.69) is 10.5 Å². The Labute approximate surface area is 115 Å². The lowest BCUT2D eigenvalue weighted by atomic mass is 10.2. The molecule has 1 amide bonds. The highest BCUT2D eigenvalue weighted by Crippen LogP contribution is 2.20. The maximum Gasteiger partial charge on any atom is 0.326 e. The second-order valence-electron chi connectivity index (χ2n) is 4.24. The molecule has 0 aromatic carbocycles. The number of aromatic nitrogens is 1. The maximum absolute atomic E-state index is 10.9. The first-order valence-electron chi connectivity index (χ1n) is 5.91. The molecule has 0 radical (unpaired) electrons. The topological polar surface area (TPSA) is 92.4 Å². The molecule has 1 aromatic heterocycles. The summed E-state index contributed by atoms with van der Waals surface area (Å²) in [7, 11) is 0. The Hall–Kier alpha value is -1.50. The summed E-state index contributed by atoms with van der Waals surface area (Å²) in [6.45, 7) is 5.05. The van der Waals surface area contributed by atoms with Crippen LogP contribution in [0.2, 0.25) is 0 Å². The van der Waals surface area contributed by atoms with E-state index in [9.17, 15) is 9.59 Å². The van der Waals surface area contributed by atoms with Crippen LogP contribution in [0.25, 0.3) is 0 Å². The van der Waals surface area contributed by atoms with Crippen molar-refractivity contribution in [1.29, 1.82) is 0 Å². The molecule has 0 bridgehead atoms. The largest absolute Gasteiger partial charge is 0.480 e. The minimum atomic E-state index is -1.01. The zero-order valence-corrected chi connectivity index (χ0v) is 12.0. The molecule has 1 atom stereocenters. The Morgan fingerprint density at radius 1 is 1.47 bits per heavy atom. The molecule has 1 aromatic rings. The highest BCUT2D eigenvalue weighted by atomic mass is 32.2. The van der Waals surface area contributed by atoms with Gasteiger partial charge in [0.15, 0.2) is 0 Å². The SMILES string of the molecule is CC(=O)NC(CCSCc1c(C)noc1C)C(=O)O. The van der Waals surface area contributed by atoms with Gasteiger partial charge >= 0.3 is 5.97 Å². The number of hydrogen-bond donors (Lipinski definition) is 2. The predicted octanol–water partition coefficient (Wildman–Crippen LogP) is 1.50. The Kier molecular flexibility index (Phi) is 5.88. The summed E-state index contributed by atoms with van der Waals surface area (Å²) in [6.07, 6.45) is 0.392. The van der Waals surface area contributed by atoms with Gasteiger partial charge < -0.3 is 14.9 Å². The lowest BCUT2D eigenvalue weighted by molar-refractivity contribution is -0.141. The lowest BCUT2D eigenvalue weighted by Crippen LogP contribution is -2.39. The number of thioether (sulfide) groups is 1. The number of carboxylic acid groups (broad SMARTS) is 1. The molecule has 0 saturated heterocycles. The fourth-order valence-corrected chi connectivity index (χ4v) is 2.75. The van der Waals surface area contributed by atoms with Crippen LogP contribution in [0.4, 0.5) is 0 Å². The summed E-state index contributed by atoms with van der Waals surface area (Å²) >= 11 is 1.60. The smallest absolute Gasteiger partial charge is 0.326 e. The Morgan fingerprint density at radius 2 is 2.16 bits per heavy atom. The van der Waals surface area contributed by atoms with E-state index in [-0.39, 0.29) is 5.91 Å². The standard InChI is InChI=1S/C12H18N2O4S/c1-7-10(8(2)18-14-7)6-19-5-4-11(12(16)17)13-9(3)15/h11H,4-6H2,1-3H3,(H,13,15)(H,16,17). The minimum Gasteiger partial charge on any atom is -0.480 e. The quantitative estimate of drug-likeness (QED) is 0.738. The fraction of sp³-hybridized carbons (Fsp3) is 0.583. The summed E-state index contributed by atoms with van der Waals surface area (Å²) < 4.78 is 5.05. The molecule has 1 heterocycles. The molecule has 0 spiro atoms. The monoisotopic (exact) mass is 286 g/mol. The van der Waals surface area contributed by atoms with Gasteiger partial charge in [-0.2, -0.15) is 11.8 Å². The van der Waals surface area contributed by atoms with Gasteiger partial charge in [0, 0.05) is 18.2 Å². The number of nitrogens with zero attached hydrogens (tertiary/aromatic N) is 1. The summed E-state index contributed by atoms with van der Waals surface area (Å²) in [5.41, 5.74) is 1.91. The Morgan fingerprint density at radius 3 is 2.63 bits per heavy atom. The second kappa shape index (κ2) is 7.18. The van der Waals surface area contributed by atoms with Crippen LogP contribution in [0.5, 0.6) is 0 Å². The van der Waals surface area contributed by atoms with Crippen molar-refractivity contribution in [3.05, 3.63) is 17.0 Å². The summed E-state index contributed by atoms with van der Waals surface area (Å²) in [6, 6.07) is -0.824. The number of rotatable bonds is 7. The van der Waals surface area contributed by atoms with Gasteiger partial charge in [0.1, 0.15) is 11.8 Å². The fourth-order valence-electron chi connectivity index (χ4n) is 1.59. The first-order valence-corrected chi connectivity index (χ1v) is 7.06. The van der Waals surface area contributed by atoms with E-state index in [1.54, 1.807) is 11.8 Å². The second-order valence-corrected chi connectivity index (χ2v) is 5.34. The Bertz CT molecular complexity index is 439. The zero-order chi connectivity index (χ0) is 14.4. The highest BCUT2D eigenvalue weighted by Gasteiger charge is 2.18. The molecule has 1 rings (SSSR count). The van der Waals surface area contributed by atoms with Crippen molar-refractivity contribution in [2.75, 3.05) is 5.75 Å². The van der Waals surface area contributed by atoms with Gasteiger partial charge in [-0.25, -0.2) is 4.79 Å². The number of amides is 1. The van der Waals surface area contributed by atoms with E-state index in [1.165, 1.54) is 6.92 Å². The van der Waals surface area contributed by atoms with Crippen molar-refractivity contribution >= 4 is 23.6 Å². The van der Waals surface area contributed by atoms with E-state index in [1.807, 2.05) is 13.8 Å². The third-order valence-corrected chi connectivity index (χ3v) is 3.67. The van der Waals surface area contributed by atoms with Crippen LogP contribution in [0.3, 0.4) is 0 Å². The number of hydrogen-bond acceptors (Lipinski definition) is 5. The number of aryl methyl sites for hydroxylation is 2. The van der Waals surface area contributed by atoms with E-state index in [4.69, 9.17) is 9.63 Å². The normalized spacial score (nSPS) is 12.2. The maximum atomic E-state index is 10.9. The van der Waals surface area contributed by atoms with Crippen LogP contribution in [-0.2, 0) is 15.3 Å². The summed E-state index contributed by atoms with van der Waals surface area (Å²) in [4.78, 5) is 21.8. The number of carboxylic acids is 1. The van der Waals surface area contributed by atoms with Crippen molar-refractivity contribution in [3.63, 3.8) is 0 Å². The Balaban J connectivity index is 2.37. The molecule has 19 heavy (non-hydrogen) atoms. The molecule has 0 aliphatic heterocycles. The predicted molar refractivity (Wildman–Crippen MR) is 72.0 cm³/mol. The third kappa shape index (κ3) is 4.94. The van der Waals surface area contributed by atoms with Gasteiger partial charge in [-0.3, -0.25) is 4.79 Å². The van der Waals surface area contributed by atoms with Gasteiger partial charge in [-0.05, 0) is 26.0 Å². The molecule has 0 aliphatic carbocycles. The van der Waals surface area contributed by atoms with Gasteiger partial charge in [0.2, 0.25) is 5.91 Å². The number of carbonyl (C=O) groups is 2. The summed E-state index contributed by atoms with van der Waals surface area (Å²) in [5, 5.41) is 15.2. The van der Waals surface area contributed by atoms with E-state index in [0.29, 0.717) is 12.2 Å². The van der Waals surface area contributed by atoms with Crippen molar-refractivity contribution in [3.8, 4) is 0 Å². The summed E-state index contributed by atoms with van der Waals surface area (Å²) in [5.74, 6) is 0.826. The van der Waals surface area contributed by atoms with Crippen molar-refractivity contribution in [2.24, 2.45) is 0 Å². The van der Waals surface area contributed by atoms with Gasteiger partial charge in [0.25, 0.3) is 0 Å². The molecule has 0 fully saturated rings. The highest BCUT2D eigenvalue weighted by molar-refractivity contribution is 7.98. The molecular weight excluding hydrogens is 268 g/mol. The van der Waals surface area contributed by atoms with Crippen LogP contribution in [0, 0.1) is 13.8 Å². The van der Waals surface area contributed by atoms with Crippen LogP contribution in [0.15, 0.2) is 4.52 Å². The molecule has 106 valence electrons. The van der Waals surface area contributed by atoms with Gasteiger partial charge in [0.05, 0.1) is 5.69 Å². The van der Waals surface area contributed by atoms with E-state index < -0.39 is 12.0 Å². The van der Waals surface area contributed by atoms with E-state index in [0.717, 1.165) is 22.8 Å². The molecule has 1 unspecified atom stereocenters. The third-order valence-electron chi connectivity index (χ3n) is 2.65. The zero-order valence-electron chi connectivity index (χ0n) is 11.2. The van der Waals surface area contributed by atoms with Crippen LogP contribution < -0.4 is 5.32 Å². The van der Waals surface area contributed by atoms with Gasteiger partial charge in [-0.15, -0.1) is 0 Å². The van der Waals surface area contributed by atoms with Crippen LogP contribution in [0.1, 0.15) is 30.4 Å². The molecule has 7 heteroatoms. The molecular formula is C12H18N2O4S. The number of aliphatic carboxylic acids is 1. The molecule has 0 aliphatic rings.